The lowest BCUT2D eigenvalue weighted by molar-refractivity contribution is -0.892. The highest BCUT2D eigenvalue weighted by molar-refractivity contribution is 7.85. The first-order valence-corrected chi connectivity index (χ1v) is 12.6. The van der Waals surface area contributed by atoms with Crippen molar-refractivity contribution in [3.05, 3.63) is 84.7 Å². The van der Waals surface area contributed by atoms with Crippen LogP contribution < -0.4 is 14.3 Å². The first-order chi connectivity index (χ1) is 15.8. The molecule has 3 rings (SSSR count). The van der Waals surface area contributed by atoms with Crippen LogP contribution in [0.4, 0.5) is 0 Å². The maximum Gasteiger partial charge on any atom is 0.226 e. The molecule has 0 fully saturated rings. The second-order valence-corrected chi connectivity index (χ2v) is 9.17. The zero-order valence-corrected chi connectivity index (χ0v) is 20.3. The van der Waals surface area contributed by atoms with Gasteiger partial charge in [0.15, 0.2) is 6.61 Å². The van der Waals surface area contributed by atoms with Crippen LogP contribution >= 0.6 is 0 Å². The number of pyridine rings is 1. The zero-order valence-electron chi connectivity index (χ0n) is 19.5. The molecule has 1 heterocycles. The summed E-state index contributed by atoms with van der Waals surface area (Å²) in [6.07, 6.45) is 8.71. The molecule has 0 aliphatic rings. The van der Waals surface area contributed by atoms with Crippen LogP contribution in [0.5, 0.6) is 11.5 Å². The van der Waals surface area contributed by atoms with Crippen molar-refractivity contribution in [3.63, 3.8) is 0 Å². The van der Waals surface area contributed by atoms with Crippen LogP contribution in [-0.2, 0) is 10.1 Å². The fourth-order valence-corrected chi connectivity index (χ4v) is 3.44. The van der Waals surface area contributed by atoms with E-state index in [1.165, 1.54) is 31.4 Å². The minimum absolute atomic E-state index is 0.178. The van der Waals surface area contributed by atoms with Crippen LogP contribution in [0, 0.1) is 12.8 Å². The second kappa shape index (κ2) is 13.6. The number of nitrogens with zero attached hydrogens (tertiary/aromatic N) is 1. The Morgan fingerprint density at radius 3 is 2.06 bits per heavy atom. The Balaban J connectivity index is 0.000000294. The van der Waals surface area contributed by atoms with Gasteiger partial charge >= 0.3 is 0 Å². The summed E-state index contributed by atoms with van der Waals surface area (Å²) in [6, 6.07) is 19.4. The first kappa shape index (κ1) is 26.4. The highest BCUT2D eigenvalue weighted by Crippen LogP contribution is 2.19. The molecule has 1 unspecified atom stereocenters. The van der Waals surface area contributed by atoms with Crippen molar-refractivity contribution in [2.45, 2.75) is 51.3 Å². The molecule has 7 heteroatoms. The summed E-state index contributed by atoms with van der Waals surface area (Å²) >= 11 is 0. The van der Waals surface area contributed by atoms with Crippen LogP contribution in [-0.4, -0.2) is 19.6 Å². The van der Waals surface area contributed by atoms with E-state index in [9.17, 15) is 13.0 Å². The van der Waals surface area contributed by atoms with Gasteiger partial charge in [0, 0.05) is 16.9 Å². The summed E-state index contributed by atoms with van der Waals surface area (Å²) in [5.41, 5.74) is 0.928. The minimum atomic E-state index is -4.27. The fourth-order valence-electron chi connectivity index (χ4n) is 2.97. The van der Waals surface area contributed by atoms with Gasteiger partial charge in [-0.1, -0.05) is 62.6 Å². The van der Waals surface area contributed by atoms with Crippen molar-refractivity contribution in [3.8, 4) is 11.5 Å². The molecule has 33 heavy (non-hydrogen) atoms. The van der Waals surface area contributed by atoms with Gasteiger partial charge in [-0.3, -0.25) is 4.84 Å². The lowest BCUT2D eigenvalue weighted by Gasteiger charge is -2.11. The van der Waals surface area contributed by atoms with Gasteiger partial charge in [0.05, 0.1) is 4.90 Å². The van der Waals surface area contributed by atoms with Crippen LogP contribution in [0.1, 0.15) is 45.1 Å². The molecule has 0 radical (unpaired) electrons. The van der Waals surface area contributed by atoms with E-state index >= 15 is 0 Å². The Bertz CT molecular complexity index is 1040. The van der Waals surface area contributed by atoms with Crippen LogP contribution in [0.25, 0.3) is 0 Å². The Labute approximate surface area is 197 Å². The van der Waals surface area contributed by atoms with Gasteiger partial charge in [0.25, 0.3) is 0 Å². The molecule has 1 aromatic heterocycles. The lowest BCUT2D eigenvalue weighted by atomic mass is 10.0. The molecule has 0 aliphatic carbocycles. The van der Waals surface area contributed by atoms with Gasteiger partial charge in [-0.25, -0.2) is 8.42 Å². The third-order valence-electron chi connectivity index (χ3n) is 5.06. The normalized spacial score (nSPS) is 11.8. The maximum absolute atomic E-state index is 10.4. The number of aromatic nitrogens is 1. The number of hydrogen-bond acceptors (Lipinski definition) is 5. The number of hydrogen-bond donors (Lipinski definition) is 0. The highest BCUT2D eigenvalue weighted by atomic mass is 32.2. The summed E-state index contributed by atoms with van der Waals surface area (Å²) in [5.74, 6) is 2.28. The Morgan fingerprint density at radius 1 is 0.909 bits per heavy atom. The number of unbranched alkanes of at least 4 members (excludes halogenated alkanes) is 1. The van der Waals surface area contributed by atoms with E-state index in [4.69, 9.17) is 9.57 Å². The van der Waals surface area contributed by atoms with E-state index in [2.05, 4.69) is 13.8 Å². The van der Waals surface area contributed by atoms with Crippen molar-refractivity contribution in [1.29, 1.82) is 0 Å². The lowest BCUT2D eigenvalue weighted by Crippen LogP contribution is -2.43. The fraction of sp³-hybridized carbons (Fsp3) is 0.346. The molecular formula is C26H33NO5S. The van der Waals surface area contributed by atoms with Gasteiger partial charge < -0.3 is 9.29 Å². The van der Waals surface area contributed by atoms with Gasteiger partial charge in [-0.15, -0.1) is 0 Å². The average molecular weight is 472 g/mol. The minimum Gasteiger partial charge on any atom is -0.744 e. The summed E-state index contributed by atoms with van der Waals surface area (Å²) < 4.78 is 38.7. The molecule has 178 valence electrons. The molecule has 3 aromatic rings. The van der Waals surface area contributed by atoms with E-state index in [0.29, 0.717) is 5.92 Å². The zero-order chi connectivity index (χ0) is 24.1. The molecular weight excluding hydrogens is 438 g/mol. The van der Waals surface area contributed by atoms with Crippen molar-refractivity contribution in [2.24, 2.45) is 5.92 Å². The molecule has 0 saturated carbocycles. The van der Waals surface area contributed by atoms with Gasteiger partial charge in [-0.2, -0.15) is 0 Å². The molecule has 0 aliphatic heterocycles. The number of para-hydroxylation sites is 1. The Morgan fingerprint density at radius 2 is 1.52 bits per heavy atom. The standard InChI is InChI=1S/C19H26NO2.C7H8O3S/c1-3-5-9-17(4-2)16-21-20-14-12-19(13-15-20)22-18-10-7-6-8-11-18;1-6-2-4-7(5-3-6)11(8,9)10/h6-8,10-15,17H,3-5,9,16H2,1-2H3;2-5H,1H3,(H,8,9,10)/q+1;/p-1. The van der Waals surface area contributed by atoms with Crippen LogP contribution in [0.2, 0.25) is 0 Å². The number of rotatable bonds is 10. The maximum atomic E-state index is 10.4. The number of ether oxygens (including phenoxy) is 1. The summed E-state index contributed by atoms with van der Waals surface area (Å²) in [4.78, 5) is 5.64. The second-order valence-electron chi connectivity index (χ2n) is 7.79. The molecule has 0 amide bonds. The van der Waals surface area contributed by atoms with Crippen molar-refractivity contribution in [1.82, 2.24) is 0 Å². The van der Waals surface area contributed by atoms with Crippen LogP contribution in [0.15, 0.2) is 84.0 Å². The highest BCUT2D eigenvalue weighted by Gasteiger charge is 2.11. The smallest absolute Gasteiger partial charge is 0.226 e. The summed E-state index contributed by atoms with van der Waals surface area (Å²) in [7, 11) is -4.27. The largest absolute Gasteiger partial charge is 0.744 e. The molecule has 2 aromatic carbocycles. The molecule has 0 bridgehead atoms. The molecule has 0 N–H and O–H groups in total. The third kappa shape index (κ3) is 10.1. The molecule has 0 spiro atoms. The number of benzene rings is 2. The van der Waals surface area contributed by atoms with Gasteiger partial charge in [0.1, 0.15) is 21.6 Å². The summed E-state index contributed by atoms with van der Waals surface area (Å²) in [5, 5.41) is 0. The number of aryl methyl sites for hydroxylation is 1. The van der Waals surface area contributed by atoms with E-state index in [1.807, 2.05) is 61.8 Å². The third-order valence-corrected chi connectivity index (χ3v) is 5.91. The summed E-state index contributed by atoms with van der Waals surface area (Å²) in [6.45, 7) is 7.04. The van der Waals surface area contributed by atoms with E-state index in [0.717, 1.165) is 30.1 Å². The quantitative estimate of drug-likeness (QED) is 0.296. The van der Waals surface area contributed by atoms with Crippen molar-refractivity contribution >= 4 is 10.1 Å². The molecule has 1 atom stereocenters. The van der Waals surface area contributed by atoms with Crippen molar-refractivity contribution < 1.29 is 27.3 Å². The van der Waals surface area contributed by atoms with Crippen molar-refractivity contribution in [2.75, 3.05) is 6.61 Å². The monoisotopic (exact) mass is 471 g/mol. The average Bonchev–Trinajstić information content (AvgIpc) is 2.81. The Hall–Kier alpha value is -2.90. The van der Waals surface area contributed by atoms with Gasteiger partial charge in [0.2, 0.25) is 12.4 Å². The predicted molar refractivity (Wildman–Crippen MR) is 127 cm³/mol. The molecule has 6 nitrogen and oxygen atoms in total. The van der Waals surface area contributed by atoms with E-state index in [1.54, 1.807) is 16.9 Å². The first-order valence-electron chi connectivity index (χ1n) is 11.2. The predicted octanol–water partition coefficient (Wildman–Crippen LogP) is 5.31. The van der Waals surface area contributed by atoms with Gasteiger partial charge in [-0.05, 0) is 49.9 Å². The molecule has 0 saturated heterocycles. The van der Waals surface area contributed by atoms with E-state index in [-0.39, 0.29) is 4.90 Å². The SMILES string of the molecule is CCCCC(CC)CO[n+]1ccc(Oc2ccccc2)cc1.Cc1ccc(S(=O)(=O)[O-])cc1. The van der Waals surface area contributed by atoms with E-state index < -0.39 is 10.1 Å². The topological polar surface area (TPSA) is 79.5 Å². The Kier molecular flexibility index (Phi) is 10.9. The van der Waals surface area contributed by atoms with Crippen LogP contribution in [0.3, 0.4) is 0 Å².